The Bertz CT molecular complexity index is 642. The van der Waals surface area contributed by atoms with Crippen LogP contribution in [0.4, 0.5) is 4.79 Å². The molecule has 0 bridgehead atoms. The lowest BCUT2D eigenvalue weighted by Crippen LogP contribution is -2.38. The third-order valence-corrected chi connectivity index (χ3v) is 5.22. The van der Waals surface area contributed by atoms with E-state index in [1.807, 2.05) is 51.4 Å². The SMILES string of the molecule is CSc1ccccc1[C@@H](C)NC(=O)N[C@@H](C)c1ncc(C)s1. The van der Waals surface area contributed by atoms with Crippen molar-refractivity contribution >= 4 is 29.1 Å². The number of aryl methyl sites for hydroxylation is 1. The van der Waals surface area contributed by atoms with E-state index in [0.717, 1.165) is 15.4 Å². The second kappa shape index (κ2) is 7.65. The zero-order chi connectivity index (χ0) is 16.1. The van der Waals surface area contributed by atoms with Gasteiger partial charge in [0.2, 0.25) is 0 Å². The van der Waals surface area contributed by atoms with E-state index in [2.05, 4.69) is 21.7 Å². The van der Waals surface area contributed by atoms with Crippen molar-refractivity contribution in [1.29, 1.82) is 0 Å². The molecule has 0 saturated heterocycles. The molecule has 6 heteroatoms. The van der Waals surface area contributed by atoms with Crippen LogP contribution in [-0.2, 0) is 0 Å². The maximum absolute atomic E-state index is 12.2. The van der Waals surface area contributed by atoms with E-state index in [-0.39, 0.29) is 18.1 Å². The van der Waals surface area contributed by atoms with Crippen LogP contribution in [0.3, 0.4) is 0 Å². The van der Waals surface area contributed by atoms with Crippen molar-refractivity contribution in [1.82, 2.24) is 15.6 Å². The van der Waals surface area contributed by atoms with Crippen LogP contribution < -0.4 is 10.6 Å². The first-order valence-electron chi connectivity index (χ1n) is 7.13. The number of thioether (sulfide) groups is 1. The lowest BCUT2D eigenvalue weighted by Gasteiger charge is -2.19. The average molecular weight is 335 g/mol. The van der Waals surface area contributed by atoms with Crippen molar-refractivity contribution in [2.24, 2.45) is 0 Å². The lowest BCUT2D eigenvalue weighted by molar-refractivity contribution is 0.234. The minimum atomic E-state index is -0.177. The monoisotopic (exact) mass is 335 g/mol. The number of urea groups is 1. The van der Waals surface area contributed by atoms with Gasteiger partial charge >= 0.3 is 6.03 Å². The Morgan fingerprint density at radius 2 is 1.91 bits per heavy atom. The van der Waals surface area contributed by atoms with E-state index in [4.69, 9.17) is 0 Å². The van der Waals surface area contributed by atoms with E-state index in [9.17, 15) is 4.79 Å². The molecule has 2 amide bonds. The lowest BCUT2D eigenvalue weighted by atomic mass is 10.1. The van der Waals surface area contributed by atoms with E-state index in [0.29, 0.717) is 0 Å². The number of nitrogens with zero attached hydrogens (tertiary/aromatic N) is 1. The van der Waals surface area contributed by atoms with Crippen molar-refractivity contribution in [3.8, 4) is 0 Å². The number of aromatic nitrogens is 1. The molecule has 2 rings (SSSR count). The average Bonchev–Trinajstić information content (AvgIpc) is 2.93. The molecule has 1 aromatic heterocycles. The molecular weight excluding hydrogens is 314 g/mol. The van der Waals surface area contributed by atoms with Gasteiger partial charge in [0.05, 0.1) is 12.1 Å². The fourth-order valence-electron chi connectivity index (χ4n) is 2.17. The Morgan fingerprint density at radius 1 is 1.23 bits per heavy atom. The smallest absolute Gasteiger partial charge is 0.315 e. The maximum atomic E-state index is 12.2. The van der Waals surface area contributed by atoms with Crippen LogP contribution in [0.15, 0.2) is 35.4 Å². The summed E-state index contributed by atoms with van der Waals surface area (Å²) in [6, 6.07) is 7.79. The summed E-state index contributed by atoms with van der Waals surface area (Å²) in [7, 11) is 0. The molecule has 1 aromatic carbocycles. The number of carbonyl (C=O) groups excluding carboxylic acids is 1. The molecule has 2 atom stereocenters. The summed E-state index contributed by atoms with van der Waals surface area (Å²) >= 11 is 3.29. The van der Waals surface area contributed by atoms with Crippen molar-refractivity contribution in [3.05, 3.63) is 45.9 Å². The first-order valence-corrected chi connectivity index (χ1v) is 9.17. The van der Waals surface area contributed by atoms with E-state index >= 15 is 0 Å². The molecule has 1 heterocycles. The zero-order valence-corrected chi connectivity index (χ0v) is 14.8. The summed E-state index contributed by atoms with van der Waals surface area (Å²) in [5.41, 5.74) is 1.13. The van der Waals surface area contributed by atoms with Gasteiger partial charge in [0.1, 0.15) is 5.01 Å². The number of benzene rings is 1. The second-order valence-electron chi connectivity index (χ2n) is 5.11. The van der Waals surface area contributed by atoms with Crippen molar-refractivity contribution in [2.75, 3.05) is 6.26 Å². The van der Waals surface area contributed by atoms with E-state index in [1.165, 1.54) is 4.90 Å². The summed E-state index contributed by atoms with van der Waals surface area (Å²) in [5.74, 6) is 0. The molecule has 0 aliphatic rings. The highest BCUT2D eigenvalue weighted by molar-refractivity contribution is 7.98. The van der Waals surface area contributed by atoms with Gasteiger partial charge in [0.15, 0.2) is 0 Å². The van der Waals surface area contributed by atoms with Crippen LogP contribution in [0, 0.1) is 6.92 Å². The van der Waals surface area contributed by atoms with Gasteiger partial charge in [-0.15, -0.1) is 23.1 Å². The number of rotatable bonds is 5. The first kappa shape index (κ1) is 16.8. The first-order chi connectivity index (χ1) is 10.5. The molecule has 0 unspecified atom stereocenters. The van der Waals surface area contributed by atoms with E-state index < -0.39 is 0 Å². The fraction of sp³-hybridized carbons (Fsp3) is 0.375. The summed E-state index contributed by atoms with van der Waals surface area (Å²) in [6.07, 6.45) is 3.87. The highest BCUT2D eigenvalue weighted by atomic mass is 32.2. The van der Waals surface area contributed by atoms with Crippen LogP contribution in [-0.4, -0.2) is 17.3 Å². The Morgan fingerprint density at radius 3 is 2.55 bits per heavy atom. The molecular formula is C16H21N3OS2. The Labute approximate surface area is 139 Å². The van der Waals surface area contributed by atoms with Gasteiger partial charge in [0, 0.05) is 16.0 Å². The van der Waals surface area contributed by atoms with Crippen LogP contribution in [0.5, 0.6) is 0 Å². The molecule has 2 N–H and O–H groups in total. The highest BCUT2D eigenvalue weighted by Crippen LogP contribution is 2.25. The van der Waals surface area contributed by atoms with Gasteiger partial charge in [-0.25, -0.2) is 9.78 Å². The highest BCUT2D eigenvalue weighted by Gasteiger charge is 2.16. The summed E-state index contributed by atoms with van der Waals surface area (Å²) in [5, 5.41) is 6.85. The number of hydrogen-bond donors (Lipinski definition) is 2. The van der Waals surface area contributed by atoms with Crippen molar-refractivity contribution in [3.63, 3.8) is 0 Å². The van der Waals surface area contributed by atoms with Crippen molar-refractivity contribution < 1.29 is 4.79 Å². The van der Waals surface area contributed by atoms with Gasteiger partial charge in [-0.2, -0.15) is 0 Å². The summed E-state index contributed by atoms with van der Waals surface area (Å²) in [6.45, 7) is 5.95. The molecule has 0 aliphatic carbocycles. The standard InChI is InChI=1S/C16H21N3OS2/c1-10-9-17-15(22-10)12(3)19-16(20)18-11(2)13-7-5-6-8-14(13)21-4/h5-9,11-12H,1-4H3,(H2,18,19,20)/t11-,12+/m1/s1. The van der Waals surface area contributed by atoms with Gasteiger partial charge in [-0.1, -0.05) is 18.2 Å². The van der Waals surface area contributed by atoms with Gasteiger partial charge in [-0.05, 0) is 38.7 Å². The largest absolute Gasteiger partial charge is 0.332 e. The maximum Gasteiger partial charge on any atom is 0.315 e. The van der Waals surface area contributed by atoms with E-state index in [1.54, 1.807) is 23.1 Å². The predicted octanol–water partition coefficient (Wildman–Crippen LogP) is 4.29. The van der Waals surface area contributed by atoms with Crippen LogP contribution >= 0.6 is 23.1 Å². The molecule has 0 spiro atoms. The molecule has 0 radical (unpaired) electrons. The molecule has 118 valence electrons. The van der Waals surface area contributed by atoms with Crippen LogP contribution in [0.25, 0.3) is 0 Å². The van der Waals surface area contributed by atoms with Gasteiger partial charge in [-0.3, -0.25) is 0 Å². The number of nitrogens with one attached hydrogen (secondary N) is 2. The number of carbonyl (C=O) groups is 1. The quantitative estimate of drug-likeness (QED) is 0.801. The minimum absolute atomic E-state index is 0.0473. The summed E-state index contributed by atoms with van der Waals surface area (Å²) in [4.78, 5) is 18.8. The minimum Gasteiger partial charge on any atom is -0.332 e. The van der Waals surface area contributed by atoms with Crippen LogP contribution in [0.2, 0.25) is 0 Å². The Hall–Kier alpha value is -1.53. The topological polar surface area (TPSA) is 54.0 Å². The van der Waals surface area contributed by atoms with Crippen molar-refractivity contribution in [2.45, 2.75) is 37.8 Å². The van der Waals surface area contributed by atoms with Crippen LogP contribution in [0.1, 0.15) is 41.4 Å². The third kappa shape index (κ3) is 4.24. The molecule has 0 aliphatic heterocycles. The molecule has 22 heavy (non-hydrogen) atoms. The number of amides is 2. The zero-order valence-electron chi connectivity index (χ0n) is 13.2. The normalized spacial score (nSPS) is 13.5. The number of hydrogen-bond acceptors (Lipinski definition) is 4. The summed E-state index contributed by atoms with van der Waals surface area (Å²) < 4.78 is 0. The molecule has 0 saturated carbocycles. The Kier molecular flexibility index (Phi) is 5.85. The fourth-order valence-corrected chi connectivity index (χ4v) is 3.64. The van der Waals surface area contributed by atoms with Gasteiger partial charge < -0.3 is 10.6 Å². The molecule has 4 nitrogen and oxygen atoms in total. The predicted molar refractivity (Wildman–Crippen MR) is 93.6 cm³/mol. The number of thiazole rings is 1. The third-order valence-electron chi connectivity index (χ3n) is 3.31. The Balaban J connectivity index is 1.96. The second-order valence-corrected chi connectivity index (χ2v) is 7.23. The van der Waals surface area contributed by atoms with Gasteiger partial charge in [0.25, 0.3) is 0 Å². The molecule has 2 aromatic rings. The molecule has 0 fully saturated rings.